The first-order valence-electron chi connectivity index (χ1n) is 9.03. The molecule has 4 rings (SSSR count). The Labute approximate surface area is 171 Å². The Morgan fingerprint density at radius 3 is 2.71 bits per heavy atom. The molecule has 3 aromatic rings. The molecule has 146 valence electrons. The molecule has 0 bridgehead atoms. The van der Waals surface area contributed by atoms with E-state index in [-0.39, 0.29) is 5.78 Å². The van der Waals surface area contributed by atoms with Crippen LogP contribution >= 0.6 is 23.1 Å². The van der Waals surface area contributed by atoms with Gasteiger partial charge in [-0.2, -0.15) is 0 Å². The summed E-state index contributed by atoms with van der Waals surface area (Å²) in [6.07, 6.45) is 3.07. The van der Waals surface area contributed by atoms with Crippen molar-refractivity contribution in [2.45, 2.75) is 30.5 Å². The number of Topliss-reactive ketones (excluding diaryl/α,β-unsaturated/α-hetero) is 1. The number of carbonyl (C=O) groups is 1. The van der Waals surface area contributed by atoms with E-state index in [1.54, 1.807) is 43.8 Å². The van der Waals surface area contributed by atoms with Gasteiger partial charge in [-0.25, -0.2) is 0 Å². The van der Waals surface area contributed by atoms with E-state index in [2.05, 4.69) is 32.3 Å². The number of thiophene rings is 1. The molecule has 0 radical (unpaired) electrons. The molecule has 0 amide bonds. The van der Waals surface area contributed by atoms with Gasteiger partial charge < -0.3 is 14.0 Å². The van der Waals surface area contributed by atoms with Crippen molar-refractivity contribution < 1.29 is 14.3 Å². The van der Waals surface area contributed by atoms with Gasteiger partial charge in [0, 0.05) is 22.9 Å². The van der Waals surface area contributed by atoms with Crippen LogP contribution < -0.4 is 9.47 Å². The van der Waals surface area contributed by atoms with E-state index in [0.717, 1.165) is 30.2 Å². The van der Waals surface area contributed by atoms with Gasteiger partial charge >= 0.3 is 0 Å². The van der Waals surface area contributed by atoms with E-state index in [9.17, 15) is 4.79 Å². The molecule has 8 heteroatoms. The summed E-state index contributed by atoms with van der Waals surface area (Å²) in [7, 11) is 3.14. The molecule has 2 aromatic heterocycles. The van der Waals surface area contributed by atoms with Crippen molar-refractivity contribution in [3.05, 3.63) is 52.0 Å². The molecular formula is C20H21N3O3S2. The number of carbonyl (C=O) groups excluding carboxylic acids is 1. The summed E-state index contributed by atoms with van der Waals surface area (Å²) in [5, 5.41) is 11.7. The zero-order valence-electron chi connectivity index (χ0n) is 15.8. The fourth-order valence-electron chi connectivity index (χ4n) is 3.02. The summed E-state index contributed by atoms with van der Waals surface area (Å²) in [5.74, 6) is 2.47. The van der Waals surface area contributed by atoms with Crippen LogP contribution in [-0.2, 0) is 6.42 Å². The van der Waals surface area contributed by atoms with Crippen LogP contribution in [0.25, 0.3) is 0 Å². The maximum atomic E-state index is 12.7. The highest BCUT2D eigenvalue weighted by molar-refractivity contribution is 7.99. The van der Waals surface area contributed by atoms with Crippen molar-refractivity contribution in [3.8, 4) is 11.5 Å². The first kappa shape index (κ1) is 19.0. The molecule has 1 fully saturated rings. The van der Waals surface area contributed by atoms with Gasteiger partial charge in [-0.15, -0.1) is 21.5 Å². The molecule has 2 heterocycles. The average molecular weight is 416 g/mol. The van der Waals surface area contributed by atoms with Gasteiger partial charge in [-0.05, 0) is 42.5 Å². The highest BCUT2D eigenvalue weighted by Crippen LogP contribution is 2.39. The van der Waals surface area contributed by atoms with Crippen LogP contribution in [0.3, 0.4) is 0 Å². The molecule has 0 saturated heterocycles. The molecule has 0 aliphatic heterocycles. The molecule has 1 aromatic carbocycles. The van der Waals surface area contributed by atoms with E-state index < -0.39 is 0 Å². The number of ether oxygens (including phenoxy) is 2. The number of aromatic nitrogens is 3. The van der Waals surface area contributed by atoms with Gasteiger partial charge in [0.2, 0.25) is 0 Å². The van der Waals surface area contributed by atoms with Crippen LogP contribution in [0, 0.1) is 0 Å². The Morgan fingerprint density at radius 2 is 2.04 bits per heavy atom. The van der Waals surface area contributed by atoms with Crippen molar-refractivity contribution in [2.75, 3.05) is 20.0 Å². The van der Waals surface area contributed by atoms with Gasteiger partial charge in [0.05, 0.1) is 20.0 Å². The number of methoxy groups -OCH3 is 2. The standard InChI is InChI=1S/C20H21N3O3S2/c1-25-17-8-5-13(10-18(17)26-2)16(24)12-28-20-22-21-19(23(20)14-6-7-14)11-15-4-3-9-27-15/h3-5,8-10,14H,6-7,11-12H2,1-2H3. The van der Waals surface area contributed by atoms with Gasteiger partial charge in [0.1, 0.15) is 5.82 Å². The third kappa shape index (κ3) is 4.07. The lowest BCUT2D eigenvalue weighted by atomic mass is 10.1. The van der Waals surface area contributed by atoms with Crippen LogP contribution in [-0.4, -0.2) is 40.5 Å². The second-order valence-corrected chi connectivity index (χ2v) is 8.51. The smallest absolute Gasteiger partial charge is 0.191 e. The van der Waals surface area contributed by atoms with Crippen molar-refractivity contribution in [1.82, 2.24) is 14.8 Å². The lowest BCUT2D eigenvalue weighted by molar-refractivity contribution is 0.102. The van der Waals surface area contributed by atoms with Crippen LogP contribution in [0.2, 0.25) is 0 Å². The predicted octanol–water partition coefficient (Wildman–Crippen LogP) is 4.26. The van der Waals surface area contributed by atoms with Gasteiger partial charge in [-0.3, -0.25) is 4.79 Å². The van der Waals surface area contributed by atoms with Gasteiger partial charge in [-0.1, -0.05) is 17.8 Å². The first-order valence-corrected chi connectivity index (χ1v) is 10.9. The van der Waals surface area contributed by atoms with Crippen LogP contribution in [0.1, 0.15) is 39.9 Å². The molecule has 0 spiro atoms. The topological polar surface area (TPSA) is 66.2 Å². The summed E-state index contributed by atoms with van der Waals surface area (Å²) in [6, 6.07) is 9.86. The molecule has 1 saturated carbocycles. The molecule has 28 heavy (non-hydrogen) atoms. The monoisotopic (exact) mass is 415 g/mol. The van der Waals surface area contributed by atoms with E-state index in [1.807, 2.05) is 0 Å². The maximum absolute atomic E-state index is 12.7. The van der Waals surface area contributed by atoms with Gasteiger partial charge in [0.15, 0.2) is 22.4 Å². The molecular weight excluding hydrogens is 394 g/mol. The van der Waals surface area contributed by atoms with Crippen LogP contribution in [0.4, 0.5) is 0 Å². The predicted molar refractivity (Wildman–Crippen MR) is 110 cm³/mol. The summed E-state index contributed by atoms with van der Waals surface area (Å²) in [6.45, 7) is 0. The third-order valence-corrected chi connectivity index (χ3v) is 6.42. The Bertz CT molecular complexity index is 965. The quantitative estimate of drug-likeness (QED) is 0.384. The Hall–Kier alpha value is -2.32. The minimum atomic E-state index is 0.0242. The highest BCUT2D eigenvalue weighted by atomic mass is 32.2. The Balaban J connectivity index is 1.47. The molecule has 1 aliphatic carbocycles. The number of benzene rings is 1. The lowest BCUT2D eigenvalue weighted by Crippen LogP contribution is -2.07. The van der Waals surface area contributed by atoms with Crippen molar-refractivity contribution in [2.24, 2.45) is 0 Å². The summed E-state index contributed by atoms with van der Waals surface area (Å²) >= 11 is 3.17. The molecule has 6 nitrogen and oxygen atoms in total. The number of ketones is 1. The number of rotatable bonds is 9. The molecule has 0 unspecified atom stereocenters. The number of hydrogen-bond donors (Lipinski definition) is 0. The lowest BCUT2D eigenvalue weighted by Gasteiger charge is -2.10. The molecule has 1 aliphatic rings. The van der Waals surface area contributed by atoms with Crippen molar-refractivity contribution in [3.63, 3.8) is 0 Å². The molecule has 0 atom stereocenters. The Kier molecular flexibility index (Phi) is 5.68. The average Bonchev–Trinajstić information content (AvgIpc) is 3.28. The number of hydrogen-bond acceptors (Lipinski definition) is 7. The second kappa shape index (κ2) is 8.36. The fourth-order valence-corrected chi connectivity index (χ4v) is 4.64. The molecule has 0 N–H and O–H groups in total. The number of thioether (sulfide) groups is 1. The number of nitrogens with zero attached hydrogens (tertiary/aromatic N) is 3. The van der Waals surface area contributed by atoms with E-state index >= 15 is 0 Å². The highest BCUT2D eigenvalue weighted by Gasteiger charge is 2.30. The minimum Gasteiger partial charge on any atom is -0.493 e. The SMILES string of the molecule is COc1ccc(C(=O)CSc2nnc(Cc3cccs3)n2C2CC2)cc1OC. The van der Waals surface area contributed by atoms with E-state index in [0.29, 0.717) is 28.9 Å². The van der Waals surface area contributed by atoms with E-state index in [4.69, 9.17) is 9.47 Å². The van der Waals surface area contributed by atoms with Crippen molar-refractivity contribution >= 4 is 28.9 Å². The third-order valence-electron chi connectivity index (χ3n) is 4.60. The summed E-state index contributed by atoms with van der Waals surface area (Å²) in [4.78, 5) is 13.9. The van der Waals surface area contributed by atoms with Crippen LogP contribution in [0.5, 0.6) is 11.5 Å². The fraction of sp³-hybridized carbons (Fsp3) is 0.350. The largest absolute Gasteiger partial charge is 0.493 e. The van der Waals surface area contributed by atoms with Crippen LogP contribution in [0.15, 0.2) is 40.9 Å². The minimum absolute atomic E-state index is 0.0242. The van der Waals surface area contributed by atoms with Crippen molar-refractivity contribution in [1.29, 1.82) is 0 Å². The van der Waals surface area contributed by atoms with Gasteiger partial charge in [0.25, 0.3) is 0 Å². The zero-order valence-corrected chi connectivity index (χ0v) is 17.4. The zero-order chi connectivity index (χ0) is 19.5. The van der Waals surface area contributed by atoms with E-state index in [1.165, 1.54) is 16.6 Å². The first-order chi connectivity index (χ1) is 13.7. The summed E-state index contributed by atoms with van der Waals surface area (Å²) < 4.78 is 12.7. The summed E-state index contributed by atoms with van der Waals surface area (Å²) in [5.41, 5.74) is 0.599. The maximum Gasteiger partial charge on any atom is 0.191 e. The Morgan fingerprint density at radius 1 is 1.21 bits per heavy atom. The normalized spacial score (nSPS) is 13.5. The second-order valence-electron chi connectivity index (χ2n) is 6.54.